The van der Waals surface area contributed by atoms with Gasteiger partial charge in [0, 0.05) is 16.7 Å². The third kappa shape index (κ3) is 1.59. The lowest BCUT2D eigenvalue weighted by molar-refractivity contribution is -0.124. The molecule has 15 heavy (non-hydrogen) atoms. The first kappa shape index (κ1) is 11.6. The van der Waals surface area contributed by atoms with Gasteiger partial charge in [-0.05, 0) is 38.0 Å². The molecule has 0 saturated heterocycles. The Hall–Kier alpha value is 0.110. The predicted octanol–water partition coefficient (Wildman–Crippen LogP) is 2.53. The zero-order chi connectivity index (χ0) is 11.3. The number of aliphatic hydroxyl groups is 1. The molecule has 2 saturated carbocycles. The molecule has 1 N–H and O–H groups in total. The largest absolute Gasteiger partial charge is 0.390 e. The molecule has 0 aliphatic heterocycles. The van der Waals surface area contributed by atoms with Gasteiger partial charge in [-0.15, -0.1) is 0 Å². The SMILES string of the molecule is C[C@]12CC[C@H](C=O)[C@@H]1[C@](C)(O)CC[C@@H]2Br. The highest BCUT2D eigenvalue weighted by atomic mass is 79.9. The lowest BCUT2D eigenvalue weighted by Gasteiger charge is -2.50. The summed E-state index contributed by atoms with van der Waals surface area (Å²) < 4.78 is 0. The van der Waals surface area contributed by atoms with Crippen LogP contribution in [-0.2, 0) is 4.79 Å². The van der Waals surface area contributed by atoms with Gasteiger partial charge >= 0.3 is 0 Å². The molecule has 0 bridgehead atoms. The average molecular weight is 275 g/mol. The van der Waals surface area contributed by atoms with E-state index in [1.165, 1.54) is 0 Å². The number of carbonyl (C=O) groups is 1. The van der Waals surface area contributed by atoms with Crippen LogP contribution in [0.15, 0.2) is 0 Å². The van der Waals surface area contributed by atoms with E-state index in [1.54, 1.807) is 0 Å². The Kier molecular flexibility index (Phi) is 2.75. The second-order valence-electron chi connectivity index (χ2n) is 5.69. The average Bonchev–Trinajstić information content (AvgIpc) is 2.53. The monoisotopic (exact) mass is 274 g/mol. The Morgan fingerprint density at radius 2 is 2.00 bits per heavy atom. The van der Waals surface area contributed by atoms with Gasteiger partial charge in [0.2, 0.25) is 0 Å². The number of aldehydes is 1. The van der Waals surface area contributed by atoms with Gasteiger partial charge < -0.3 is 9.90 Å². The number of rotatable bonds is 1. The molecule has 0 heterocycles. The molecule has 0 amide bonds. The minimum atomic E-state index is -0.666. The lowest BCUT2D eigenvalue weighted by atomic mass is 9.61. The Morgan fingerprint density at radius 1 is 1.33 bits per heavy atom. The van der Waals surface area contributed by atoms with E-state index in [2.05, 4.69) is 22.9 Å². The second kappa shape index (κ2) is 3.56. The van der Waals surface area contributed by atoms with E-state index in [0.717, 1.165) is 32.0 Å². The van der Waals surface area contributed by atoms with E-state index < -0.39 is 5.60 Å². The fourth-order valence-corrected chi connectivity index (χ4v) is 4.61. The molecule has 86 valence electrons. The summed E-state index contributed by atoms with van der Waals surface area (Å²) >= 11 is 3.73. The van der Waals surface area contributed by atoms with Crippen molar-refractivity contribution in [2.24, 2.45) is 17.3 Å². The number of hydrogen-bond acceptors (Lipinski definition) is 2. The summed E-state index contributed by atoms with van der Waals surface area (Å²) in [5.41, 5.74) is -0.575. The normalized spacial score (nSPS) is 55.1. The van der Waals surface area contributed by atoms with Crippen LogP contribution in [0.4, 0.5) is 0 Å². The Labute approximate surface area is 99.6 Å². The van der Waals surface area contributed by atoms with Crippen molar-refractivity contribution in [1.29, 1.82) is 0 Å². The summed E-state index contributed by atoms with van der Waals surface area (Å²) in [6.45, 7) is 4.12. The minimum Gasteiger partial charge on any atom is -0.390 e. The first-order chi connectivity index (χ1) is 6.92. The smallest absolute Gasteiger partial charge is 0.123 e. The molecule has 0 aromatic carbocycles. The number of halogens is 1. The maximum atomic E-state index is 11.1. The number of carbonyl (C=O) groups excluding carboxylic acids is 1. The summed E-state index contributed by atoms with van der Waals surface area (Å²) in [5, 5.41) is 10.4. The van der Waals surface area contributed by atoms with Crippen molar-refractivity contribution >= 4 is 22.2 Å². The zero-order valence-corrected chi connectivity index (χ0v) is 11.0. The van der Waals surface area contributed by atoms with E-state index in [9.17, 15) is 9.90 Å². The van der Waals surface area contributed by atoms with E-state index in [0.29, 0.717) is 4.83 Å². The van der Waals surface area contributed by atoms with E-state index >= 15 is 0 Å². The molecule has 2 rings (SSSR count). The standard InChI is InChI=1S/C12H19BrO2/c1-11-5-3-8(7-14)10(11)12(2,15)6-4-9(11)13/h7-10,15H,3-6H2,1-2H3/t8-,9+,10+,11-,12-/m1/s1. The van der Waals surface area contributed by atoms with Crippen LogP contribution in [0, 0.1) is 17.3 Å². The van der Waals surface area contributed by atoms with Gasteiger partial charge in [-0.3, -0.25) is 0 Å². The molecule has 2 nitrogen and oxygen atoms in total. The van der Waals surface area contributed by atoms with Crippen LogP contribution in [0.5, 0.6) is 0 Å². The third-order valence-corrected chi connectivity index (χ3v) is 6.12. The summed E-state index contributed by atoms with van der Waals surface area (Å²) in [4.78, 5) is 11.5. The minimum absolute atomic E-state index is 0.0466. The predicted molar refractivity (Wildman–Crippen MR) is 63.0 cm³/mol. The van der Waals surface area contributed by atoms with Gasteiger partial charge in [0.25, 0.3) is 0 Å². The van der Waals surface area contributed by atoms with Crippen molar-refractivity contribution in [3.8, 4) is 0 Å². The Balaban J connectivity index is 2.37. The number of alkyl halides is 1. The van der Waals surface area contributed by atoms with Gasteiger partial charge in [-0.2, -0.15) is 0 Å². The zero-order valence-electron chi connectivity index (χ0n) is 9.37. The number of hydrogen-bond donors (Lipinski definition) is 1. The van der Waals surface area contributed by atoms with Crippen molar-refractivity contribution in [1.82, 2.24) is 0 Å². The van der Waals surface area contributed by atoms with Crippen LogP contribution in [0.2, 0.25) is 0 Å². The van der Waals surface area contributed by atoms with Crippen molar-refractivity contribution in [3.05, 3.63) is 0 Å². The molecule has 0 aromatic heterocycles. The molecule has 2 fully saturated rings. The van der Waals surface area contributed by atoms with Gasteiger partial charge in [-0.25, -0.2) is 0 Å². The lowest BCUT2D eigenvalue weighted by Crippen LogP contribution is -2.52. The van der Waals surface area contributed by atoms with Crippen LogP contribution >= 0.6 is 15.9 Å². The molecular formula is C12H19BrO2. The van der Waals surface area contributed by atoms with Crippen molar-refractivity contribution in [2.75, 3.05) is 0 Å². The van der Waals surface area contributed by atoms with Gasteiger partial charge in [0.05, 0.1) is 5.60 Å². The van der Waals surface area contributed by atoms with Crippen LogP contribution in [-0.4, -0.2) is 21.8 Å². The highest BCUT2D eigenvalue weighted by Gasteiger charge is 2.58. The second-order valence-corrected chi connectivity index (χ2v) is 6.79. The van der Waals surface area contributed by atoms with Gasteiger partial charge in [-0.1, -0.05) is 22.9 Å². The quantitative estimate of drug-likeness (QED) is 0.590. The fraction of sp³-hybridized carbons (Fsp3) is 0.917. The van der Waals surface area contributed by atoms with E-state index in [4.69, 9.17) is 0 Å². The van der Waals surface area contributed by atoms with E-state index in [1.807, 2.05) is 6.92 Å². The fourth-order valence-electron chi connectivity index (χ4n) is 3.86. The molecule has 3 heteroatoms. The molecule has 5 atom stereocenters. The van der Waals surface area contributed by atoms with Gasteiger partial charge in [0.1, 0.15) is 6.29 Å². The summed E-state index contributed by atoms with van der Waals surface area (Å²) in [6.07, 6.45) is 4.84. The highest BCUT2D eigenvalue weighted by molar-refractivity contribution is 9.09. The van der Waals surface area contributed by atoms with Crippen LogP contribution in [0.1, 0.15) is 39.5 Å². The van der Waals surface area contributed by atoms with Crippen molar-refractivity contribution in [2.45, 2.75) is 50.0 Å². The van der Waals surface area contributed by atoms with Crippen LogP contribution < -0.4 is 0 Å². The van der Waals surface area contributed by atoms with Crippen molar-refractivity contribution in [3.63, 3.8) is 0 Å². The summed E-state index contributed by atoms with van der Waals surface area (Å²) in [5.74, 6) is 0.172. The highest BCUT2D eigenvalue weighted by Crippen LogP contribution is 2.59. The molecule has 0 unspecified atom stereocenters. The molecule has 0 aromatic rings. The number of fused-ring (bicyclic) bond motifs is 1. The van der Waals surface area contributed by atoms with Gasteiger partial charge in [0.15, 0.2) is 0 Å². The van der Waals surface area contributed by atoms with Crippen LogP contribution in [0.25, 0.3) is 0 Å². The summed E-state index contributed by atoms with van der Waals surface area (Å²) in [6, 6.07) is 0. The molecule has 2 aliphatic carbocycles. The third-order valence-electron chi connectivity index (χ3n) is 4.62. The maximum absolute atomic E-state index is 11.1. The molecule has 2 aliphatic rings. The van der Waals surface area contributed by atoms with Crippen molar-refractivity contribution < 1.29 is 9.90 Å². The Morgan fingerprint density at radius 3 is 2.60 bits per heavy atom. The maximum Gasteiger partial charge on any atom is 0.123 e. The first-order valence-corrected chi connectivity index (χ1v) is 6.65. The Bertz CT molecular complexity index is 277. The molecule has 0 spiro atoms. The molecular weight excluding hydrogens is 256 g/mol. The van der Waals surface area contributed by atoms with Crippen LogP contribution in [0.3, 0.4) is 0 Å². The summed E-state index contributed by atoms with van der Waals surface area (Å²) in [7, 11) is 0. The molecule has 0 radical (unpaired) electrons. The first-order valence-electron chi connectivity index (χ1n) is 5.73. The topological polar surface area (TPSA) is 37.3 Å². The van der Waals surface area contributed by atoms with E-state index in [-0.39, 0.29) is 17.3 Å².